The van der Waals surface area contributed by atoms with Crippen LogP contribution in [0.15, 0.2) is 0 Å². The highest BCUT2D eigenvalue weighted by Crippen LogP contribution is 2.15. The van der Waals surface area contributed by atoms with Crippen LogP contribution in [0.25, 0.3) is 0 Å². The summed E-state index contributed by atoms with van der Waals surface area (Å²) in [6, 6.07) is -0.206. The lowest BCUT2D eigenvalue weighted by molar-refractivity contribution is 0.181. The van der Waals surface area contributed by atoms with Crippen molar-refractivity contribution in [1.82, 2.24) is 4.72 Å². The molecule has 0 saturated carbocycles. The zero-order chi connectivity index (χ0) is 12.1. The van der Waals surface area contributed by atoms with E-state index in [4.69, 9.17) is 4.74 Å². The minimum absolute atomic E-state index is 0.118. The number of alkyl halides is 1. The van der Waals surface area contributed by atoms with Crippen molar-refractivity contribution in [2.75, 3.05) is 24.8 Å². The SMILES string of the molecule is COCC(CBr)NS(=O)(=O)CC(C)(C)C. The van der Waals surface area contributed by atoms with E-state index in [0.717, 1.165) is 0 Å². The second-order valence-corrected chi connectivity index (χ2v) is 7.15. The molecule has 15 heavy (non-hydrogen) atoms. The minimum atomic E-state index is -3.23. The second-order valence-electron chi connectivity index (χ2n) is 4.74. The predicted molar refractivity (Wildman–Crippen MR) is 65.8 cm³/mol. The number of hydrogen-bond acceptors (Lipinski definition) is 3. The number of ether oxygens (including phenoxy) is 1. The van der Waals surface area contributed by atoms with Crippen LogP contribution in [0.5, 0.6) is 0 Å². The van der Waals surface area contributed by atoms with Gasteiger partial charge in [0.1, 0.15) is 0 Å². The summed E-state index contributed by atoms with van der Waals surface area (Å²) in [6.45, 7) is 6.05. The normalized spacial score (nSPS) is 15.3. The van der Waals surface area contributed by atoms with Crippen molar-refractivity contribution in [3.8, 4) is 0 Å². The average molecular weight is 302 g/mol. The summed E-state index contributed by atoms with van der Waals surface area (Å²) in [5.41, 5.74) is -0.240. The van der Waals surface area contributed by atoms with Crippen LogP contribution in [0.1, 0.15) is 20.8 Å². The maximum Gasteiger partial charge on any atom is 0.212 e. The van der Waals surface area contributed by atoms with Crippen molar-refractivity contribution in [1.29, 1.82) is 0 Å². The monoisotopic (exact) mass is 301 g/mol. The zero-order valence-electron chi connectivity index (χ0n) is 9.71. The molecule has 0 aromatic carbocycles. The molecule has 6 heteroatoms. The number of hydrogen-bond donors (Lipinski definition) is 1. The Bertz CT molecular complexity index is 272. The van der Waals surface area contributed by atoms with Gasteiger partial charge in [-0.2, -0.15) is 0 Å². The first kappa shape index (κ1) is 15.3. The Morgan fingerprint density at radius 3 is 2.27 bits per heavy atom. The number of methoxy groups -OCH3 is 1. The quantitative estimate of drug-likeness (QED) is 0.754. The molecule has 0 spiro atoms. The molecule has 0 aromatic heterocycles. The van der Waals surface area contributed by atoms with E-state index < -0.39 is 10.0 Å². The van der Waals surface area contributed by atoms with E-state index in [9.17, 15) is 8.42 Å². The highest BCUT2D eigenvalue weighted by molar-refractivity contribution is 9.09. The molecular weight excluding hydrogens is 282 g/mol. The van der Waals surface area contributed by atoms with Crippen LogP contribution in [-0.4, -0.2) is 39.3 Å². The van der Waals surface area contributed by atoms with Gasteiger partial charge in [-0.05, 0) is 5.41 Å². The highest BCUT2D eigenvalue weighted by Gasteiger charge is 2.23. The standard InChI is InChI=1S/C9H20BrNO3S/c1-9(2,3)7-15(12,13)11-8(5-10)6-14-4/h8,11H,5-7H2,1-4H3. The van der Waals surface area contributed by atoms with Gasteiger partial charge in [0.25, 0.3) is 0 Å². The number of halogens is 1. The Morgan fingerprint density at radius 1 is 1.40 bits per heavy atom. The van der Waals surface area contributed by atoms with Crippen LogP contribution in [0.3, 0.4) is 0 Å². The van der Waals surface area contributed by atoms with Crippen molar-refractivity contribution in [3.05, 3.63) is 0 Å². The molecule has 0 bridgehead atoms. The number of nitrogens with one attached hydrogen (secondary N) is 1. The summed E-state index contributed by atoms with van der Waals surface area (Å²) in [4.78, 5) is 0. The van der Waals surface area contributed by atoms with Gasteiger partial charge in [0.2, 0.25) is 10.0 Å². The molecule has 92 valence electrons. The molecule has 0 aliphatic carbocycles. The molecule has 1 N–H and O–H groups in total. The smallest absolute Gasteiger partial charge is 0.212 e. The van der Waals surface area contributed by atoms with Crippen molar-refractivity contribution in [2.45, 2.75) is 26.8 Å². The van der Waals surface area contributed by atoms with Crippen LogP contribution >= 0.6 is 15.9 Å². The van der Waals surface area contributed by atoms with Gasteiger partial charge in [-0.15, -0.1) is 0 Å². The maximum atomic E-state index is 11.7. The first-order chi connectivity index (χ1) is 6.70. The molecule has 0 saturated heterocycles. The van der Waals surface area contributed by atoms with Gasteiger partial charge in [0, 0.05) is 12.4 Å². The third kappa shape index (κ3) is 8.19. The summed E-state index contributed by atoms with van der Waals surface area (Å²) < 4.78 is 30.9. The van der Waals surface area contributed by atoms with Gasteiger partial charge in [-0.25, -0.2) is 13.1 Å². The fourth-order valence-electron chi connectivity index (χ4n) is 1.18. The van der Waals surface area contributed by atoms with Gasteiger partial charge in [-0.3, -0.25) is 0 Å². The third-order valence-corrected chi connectivity index (χ3v) is 4.24. The molecule has 4 nitrogen and oxygen atoms in total. The Morgan fingerprint density at radius 2 is 1.93 bits per heavy atom. The Kier molecular flexibility index (Phi) is 6.32. The second kappa shape index (κ2) is 6.18. The molecule has 0 aliphatic rings. The predicted octanol–water partition coefficient (Wildman–Crippen LogP) is 1.36. The highest BCUT2D eigenvalue weighted by atomic mass is 79.9. The van der Waals surface area contributed by atoms with Crippen LogP contribution in [0.2, 0.25) is 0 Å². The Labute approximate surface area is 101 Å². The maximum absolute atomic E-state index is 11.7. The molecule has 0 heterocycles. The molecule has 1 atom stereocenters. The topological polar surface area (TPSA) is 55.4 Å². The first-order valence-electron chi connectivity index (χ1n) is 4.75. The molecule has 1 unspecified atom stereocenters. The van der Waals surface area contributed by atoms with Gasteiger partial charge in [0.05, 0.1) is 18.4 Å². The van der Waals surface area contributed by atoms with E-state index in [0.29, 0.717) is 11.9 Å². The van der Waals surface area contributed by atoms with Crippen LogP contribution < -0.4 is 4.72 Å². The first-order valence-corrected chi connectivity index (χ1v) is 7.52. The molecular formula is C9H20BrNO3S. The van der Waals surface area contributed by atoms with Gasteiger partial charge in [0.15, 0.2) is 0 Å². The lowest BCUT2D eigenvalue weighted by Crippen LogP contribution is -2.42. The molecule has 0 amide bonds. The lowest BCUT2D eigenvalue weighted by Gasteiger charge is -2.21. The minimum Gasteiger partial charge on any atom is -0.383 e. The Hall–Kier alpha value is 0.350. The number of rotatable bonds is 6. The fraction of sp³-hybridized carbons (Fsp3) is 1.00. The molecule has 0 aliphatic heterocycles. The largest absolute Gasteiger partial charge is 0.383 e. The molecule has 0 radical (unpaired) electrons. The van der Waals surface area contributed by atoms with Crippen molar-refractivity contribution in [2.24, 2.45) is 5.41 Å². The lowest BCUT2D eigenvalue weighted by atomic mass is 10.0. The summed E-state index contributed by atoms with van der Waals surface area (Å²) in [5.74, 6) is 0.118. The molecule has 0 fully saturated rings. The van der Waals surface area contributed by atoms with E-state index in [1.807, 2.05) is 20.8 Å². The van der Waals surface area contributed by atoms with Crippen molar-refractivity contribution < 1.29 is 13.2 Å². The van der Waals surface area contributed by atoms with E-state index in [1.165, 1.54) is 0 Å². The average Bonchev–Trinajstić information content (AvgIpc) is 1.98. The van der Waals surface area contributed by atoms with Crippen molar-refractivity contribution in [3.63, 3.8) is 0 Å². The summed E-state index contributed by atoms with van der Waals surface area (Å²) in [7, 11) is -1.68. The summed E-state index contributed by atoms with van der Waals surface area (Å²) in [5, 5.41) is 0.546. The van der Waals surface area contributed by atoms with Crippen LogP contribution in [0, 0.1) is 5.41 Å². The van der Waals surface area contributed by atoms with E-state index in [2.05, 4.69) is 20.7 Å². The zero-order valence-corrected chi connectivity index (χ0v) is 12.1. The van der Waals surface area contributed by atoms with Gasteiger partial charge >= 0.3 is 0 Å². The van der Waals surface area contributed by atoms with E-state index in [1.54, 1.807) is 7.11 Å². The van der Waals surface area contributed by atoms with Crippen LogP contribution in [0.4, 0.5) is 0 Å². The van der Waals surface area contributed by atoms with Gasteiger partial charge in [-0.1, -0.05) is 36.7 Å². The van der Waals surface area contributed by atoms with Crippen LogP contribution in [-0.2, 0) is 14.8 Å². The van der Waals surface area contributed by atoms with E-state index >= 15 is 0 Å². The molecule has 0 aromatic rings. The van der Waals surface area contributed by atoms with Gasteiger partial charge < -0.3 is 4.74 Å². The summed E-state index contributed by atoms with van der Waals surface area (Å²) >= 11 is 3.24. The third-order valence-electron chi connectivity index (χ3n) is 1.52. The number of sulfonamides is 1. The Balaban J connectivity index is 4.36. The van der Waals surface area contributed by atoms with Crippen molar-refractivity contribution >= 4 is 26.0 Å². The fourth-order valence-corrected chi connectivity index (χ4v) is 3.62. The molecule has 0 rings (SSSR count). The summed E-state index contributed by atoms with van der Waals surface area (Å²) in [6.07, 6.45) is 0. The van der Waals surface area contributed by atoms with E-state index in [-0.39, 0.29) is 17.2 Å².